The number of para-hydroxylation sites is 1. The number of carbonyl (C=O) groups is 2. The van der Waals surface area contributed by atoms with Crippen molar-refractivity contribution in [1.29, 1.82) is 0 Å². The summed E-state index contributed by atoms with van der Waals surface area (Å²) in [7, 11) is 0. The van der Waals surface area contributed by atoms with Gasteiger partial charge in [0.15, 0.2) is 0 Å². The summed E-state index contributed by atoms with van der Waals surface area (Å²) in [6, 6.07) is 10.4. The third-order valence-corrected chi connectivity index (χ3v) is 5.87. The molecule has 1 aliphatic rings. The number of nitrogens with one attached hydrogen (secondary N) is 1. The average molecular weight is 443 g/mol. The molecule has 1 N–H and O–H groups in total. The Hall–Kier alpha value is -2.83. The van der Waals surface area contributed by atoms with E-state index in [1.807, 2.05) is 26.0 Å². The Balaban J connectivity index is 1.77. The second-order valence-electron chi connectivity index (χ2n) is 7.06. The number of aromatic nitrogens is 1. The monoisotopic (exact) mass is 442 g/mol. The van der Waals surface area contributed by atoms with Crippen molar-refractivity contribution in [3.8, 4) is 0 Å². The number of urea groups is 1. The van der Waals surface area contributed by atoms with Crippen LogP contribution in [0.4, 0.5) is 16.2 Å². The first-order valence-corrected chi connectivity index (χ1v) is 10.4. The zero-order valence-electron chi connectivity index (χ0n) is 16.6. The number of carbonyl (C=O) groups excluding carboxylic acids is 2. The number of fused-ring (bicyclic) bond motifs is 1. The number of pyridine rings is 1. The number of halogens is 2. The standard InChI is InChI=1S/C22H20Cl2N4O2/c1-3-27-10-11-28(22(27)30)20-13(2)12-25-19-14(20)6-4-9-17(19)26-21(29)18-15(23)7-5-8-16(18)24/h4-9,12H,3,10-11H2,1-2H3,(H,26,29). The molecule has 0 radical (unpaired) electrons. The molecule has 1 fully saturated rings. The summed E-state index contributed by atoms with van der Waals surface area (Å²) in [6.45, 7) is 5.85. The molecule has 4 rings (SSSR count). The number of benzene rings is 2. The van der Waals surface area contributed by atoms with Gasteiger partial charge in [-0.3, -0.25) is 14.7 Å². The van der Waals surface area contributed by atoms with Crippen LogP contribution in [0.2, 0.25) is 10.0 Å². The minimum Gasteiger partial charge on any atom is -0.323 e. The summed E-state index contributed by atoms with van der Waals surface area (Å²) in [5.41, 5.74) is 3.03. The lowest BCUT2D eigenvalue weighted by molar-refractivity contribution is 0.102. The van der Waals surface area contributed by atoms with Gasteiger partial charge in [0, 0.05) is 31.2 Å². The highest BCUT2D eigenvalue weighted by molar-refractivity contribution is 6.40. The van der Waals surface area contributed by atoms with Gasteiger partial charge >= 0.3 is 6.03 Å². The van der Waals surface area contributed by atoms with Crippen LogP contribution in [0, 0.1) is 6.92 Å². The van der Waals surface area contributed by atoms with Crippen molar-refractivity contribution in [3.63, 3.8) is 0 Å². The van der Waals surface area contributed by atoms with E-state index in [4.69, 9.17) is 23.2 Å². The molecular weight excluding hydrogens is 423 g/mol. The van der Waals surface area contributed by atoms with Crippen LogP contribution in [0.3, 0.4) is 0 Å². The van der Waals surface area contributed by atoms with Crippen LogP contribution in [-0.4, -0.2) is 41.5 Å². The lowest BCUT2D eigenvalue weighted by Crippen LogP contribution is -2.32. The molecule has 0 spiro atoms. The van der Waals surface area contributed by atoms with Gasteiger partial charge in [-0.1, -0.05) is 41.4 Å². The summed E-state index contributed by atoms with van der Waals surface area (Å²) >= 11 is 12.3. The van der Waals surface area contributed by atoms with Crippen LogP contribution in [0.1, 0.15) is 22.8 Å². The molecule has 0 bridgehead atoms. The van der Waals surface area contributed by atoms with Gasteiger partial charge in [-0.2, -0.15) is 0 Å². The van der Waals surface area contributed by atoms with Gasteiger partial charge in [0.05, 0.1) is 32.5 Å². The Morgan fingerprint density at radius 1 is 1.13 bits per heavy atom. The van der Waals surface area contributed by atoms with Crippen LogP contribution >= 0.6 is 23.2 Å². The first-order chi connectivity index (χ1) is 14.4. The number of hydrogen-bond acceptors (Lipinski definition) is 3. The highest BCUT2D eigenvalue weighted by Crippen LogP contribution is 2.35. The summed E-state index contributed by atoms with van der Waals surface area (Å²) in [5, 5.41) is 4.20. The van der Waals surface area contributed by atoms with Crippen LogP contribution in [0.25, 0.3) is 10.9 Å². The predicted molar refractivity (Wildman–Crippen MR) is 121 cm³/mol. The smallest absolute Gasteiger partial charge is 0.323 e. The number of likely N-dealkylation sites (N-methyl/N-ethyl adjacent to an activating group) is 1. The number of nitrogens with zero attached hydrogens (tertiary/aromatic N) is 3. The number of aryl methyl sites for hydroxylation is 1. The van der Waals surface area contributed by atoms with Gasteiger partial charge in [-0.15, -0.1) is 0 Å². The summed E-state index contributed by atoms with van der Waals surface area (Å²) in [6.07, 6.45) is 1.72. The Labute approximate surface area is 184 Å². The van der Waals surface area contributed by atoms with Gasteiger partial charge in [0.25, 0.3) is 5.91 Å². The van der Waals surface area contributed by atoms with Crippen molar-refractivity contribution in [3.05, 3.63) is 63.8 Å². The molecule has 3 aromatic rings. The molecule has 1 aromatic heterocycles. The lowest BCUT2D eigenvalue weighted by atomic mass is 10.1. The van der Waals surface area contributed by atoms with E-state index in [1.54, 1.807) is 40.3 Å². The second-order valence-corrected chi connectivity index (χ2v) is 7.87. The molecule has 1 aliphatic heterocycles. The van der Waals surface area contributed by atoms with Crippen molar-refractivity contribution < 1.29 is 9.59 Å². The molecule has 0 saturated carbocycles. The van der Waals surface area contributed by atoms with Crippen LogP contribution in [0.5, 0.6) is 0 Å². The lowest BCUT2D eigenvalue weighted by Gasteiger charge is -2.22. The molecular formula is C22H20Cl2N4O2. The van der Waals surface area contributed by atoms with Crippen molar-refractivity contribution in [2.45, 2.75) is 13.8 Å². The summed E-state index contributed by atoms with van der Waals surface area (Å²) < 4.78 is 0. The Bertz CT molecular complexity index is 1150. The largest absolute Gasteiger partial charge is 0.324 e. The predicted octanol–water partition coefficient (Wildman–Crippen LogP) is 5.36. The van der Waals surface area contributed by atoms with Crippen molar-refractivity contribution >= 4 is 57.4 Å². The number of amides is 3. The SMILES string of the molecule is CCN1CCN(c2c(C)cnc3c(NC(=O)c4c(Cl)cccc4Cl)cccc23)C1=O. The molecule has 2 heterocycles. The van der Waals surface area contributed by atoms with E-state index in [2.05, 4.69) is 10.3 Å². The first kappa shape index (κ1) is 20.4. The molecule has 0 atom stereocenters. The van der Waals surface area contributed by atoms with E-state index >= 15 is 0 Å². The van der Waals surface area contributed by atoms with E-state index in [0.29, 0.717) is 30.8 Å². The van der Waals surface area contributed by atoms with Gasteiger partial charge in [-0.05, 0) is 37.6 Å². The van der Waals surface area contributed by atoms with Gasteiger partial charge in [-0.25, -0.2) is 4.79 Å². The van der Waals surface area contributed by atoms with E-state index in [0.717, 1.165) is 16.6 Å². The number of anilines is 2. The molecule has 0 aliphatic carbocycles. The minimum absolute atomic E-state index is 0.0228. The van der Waals surface area contributed by atoms with E-state index in [-0.39, 0.29) is 21.6 Å². The first-order valence-electron chi connectivity index (χ1n) is 9.62. The fourth-order valence-electron chi connectivity index (χ4n) is 3.75. The maximum atomic E-state index is 12.9. The zero-order valence-corrected chi connectivity index (χ0v) is 18.1. The van der Waals surface area contributed by atoms with Gasteiger partial charge in [0.1, 0.15) is 0 Å². The van der Waals surface area contributed by atoms with Gasteiger partial charge < -0.3 is 10.2 Å². The maximum Gasteiger partial charge on any atom is 0.324 e. The summed E-state index contributed by atoms with van der Waals surface area (Å²) in [4.78, 5) is 33.8. The Kier molecular flexibility index (Phi) is 5.54. The fraction of sp³-hybridized carbons (Fsp3) is 0.227. The fourth-order valence-corrected chi connectivity index (χ4v) is 4.32. The average Bonchev–Trinajstić information content (AvgIpc) is 3.08. The second kappa shape index (κ2) is 8.13. The molecule has 1 saturated heterocycles. The molecule has 154 valence electrons. The van der Waals surface area contributed by atoms with Crippen molar-refractivity contribution in [2.24, 2.45) is 0 Å². The molecule has 30 heavy (non-hydrogen) atoms. The zero-order chi connectivity index (χ0) is 21.4. The number of rotatable bonds is 4. The van der Waals surface area contributed by atoms with Gasteiger partial charge in [0.2, 0.25) is 0 Å². The van der Waals surface area contributed by atoms with E-state index in [9.17, 15) is 9.59 Å². The third-order valence-electron chi connectivity index (χ3n) is 5.24. The molecule has 0 unspecified atom stereocenters. The Morgan fingerprint density at radius 2 is 1.83 bits per heavy atom. The normalized spacial score (nSPS) is 13.9. The molecule has 8 heteroatoms. The van der Waals surface area contributed by atoms with Crippen LogP contribution in [-0.2, 0) is 0 Å². The highest BCUT2D eigenvalue weighted by Gasteiger charge is 2.30. The highest BCUT2D eigenvalue weighted by atomic mass is 35.5. The minimum atomic E-state index is -0.420. The maximum absolute atomic E-state index is 12.9. The number of hydrogen-bond donors (Lipinski definition) is 1. The van der Waals surface area contributed by atoms with E-state index in [1.165, 1.54) is 0 Å². The van der Waals surface area contributed by atoms with Crippen molar-refractivity contribution in [1.82, 2.24) is 9.88 Å². The summed E-state index contributed by atoms with van der Waals surface area (Å²) in [5.74, 6) is -0.420. The molecule has 3 amide bonds. The van der Waals surface area contributed by atoms with Crippen LogP contribution in [0.15, 0.2) is 42.6 Å². The third kappa shape index (κ3) is 3.46. The quantitative estimate of drug-likeness (QED) is 0.590. The Morgan fingerprint density at radius 3 is 2.50 bits per heavy atom. The van der Waals surface area contributed by atoms with Crippen LogP contribution < -0.4 is 10.2 Å². The topological polar surface area (TPSA) is 65.5 Å². The molecule has 2 aromatic carbocycles. The van der Waals surface area contributed by atoms with Crippen molar-refractivity contribution in [2.75, 3.05) is 29.9 Å². The van der Waals surface area contributed by atoms with E-state index < -0.39 is 5.91 Å². The molecule has 6 nitrogen and oxygen atoms in total.